The van der Waals surface area contributed by atoms with Gasteiger partial charge in [0.2, 0.25) is 5.91 Å². The molecule has 0 aromatic carbocycles. The van der Waals surface area contributed by atoms with Gasteiger partial charge in [0, 0.05) is 25.6 Å². The first-order valence-electron chi connectivity index (χ1n) is 6.12. The number of hydrogen-bond acceptors (Lipinski definition) is 4. The summed E-state index contributed by atoms with van der Waals surface area (Å²) in [6.07, 6.45) is 6.61. The fourth-order valence-electron chi connectivity index (χ4n) is 2.37. The summed E-state index contributed by atoms with van der Waals surface area (Å²) in [5.41, 5.74) is 2.14. The maximum Gasteiger partial charge on any atom is 0.235 e. The summed E-state index contributed by atoms with van der Waals surface area (Å²) in [7, 11) is 0. The summed E-state index contributed by atoms with van der Waals surface area (Å²) in [6, 6.07) is 0.534. The second-order valence-electron chi connectivity index (χ2n) is 4.37. The summed E-state index contributed by atoms with van der Waals surface area (Å²) < 4.78 is 0. The van der Waals surface area contributed by atoms with Gasteiger partial charge < -0.3 is 5.11 Å². The van der Waals surface area contributed by atoms with Gasteiger partial charge in [-0.15, -0.1) is 0 Å². The lowest BCUT2D eigenvalue weighted by Gasteiger charge is -2.33. The predicted molar refractivity (Wildman–Crippen MR) is 62.5 cm³/mol. The molecule has 5 nitrogen and oxygen atoms in total. The van der Waals surface area contributed by atoms with E-state index in [2.05, 4.69) is 10.3 Å². The third-order valence-corrected chi connectivity index (χ3v) is 3.27. The van der Waals surface area contributed by atoms with E-state index in [4.69, 9.17) is 10.9 Å². The van der Waals surface area contributed by atoms with E-state index in [0.29, 0.717) is 25.6 Å². The van der Waals surface area contributed by atoms with Gasteiger partial charge in [-0.1, -0.05) is 19.3 Å². The first kappa shape index (κ1) is 13.4. The van der Waals surface area contributed by atoms with Crippen LogP contribution in [0.3, 0.4) is 0 Å². The molecule has 0 radical (unpaired) electrons. The maximum atomic E-state index is 11.1. The molecule has 0 aromatic heterocycles. The van der Waals surface area contributed by atoms with Gasteiger partial charge >= 0.3 is 0 Å². The molecule has 1 saturated carbocycles. The van der Waals surface area contributed by atoms with Gasteiger partial charge in [0.15, 0.2) is 0 Å². The zero-order valence-corrected chi connectivity index (χ0v) is 9.82. The Kier molecular flexibility index (Phi) is 6.37. The summed E-state index contributed by atoms with van der Waals surface area (Å²) in [5, 5.41) is 9.02. The Morgan fingerprint density at radius 1 is 1.31 bits per heavy atom. The van der Waals surface area contributed by atoms with Crippen LogP contribution >= 0.6 is 0 Å². The monoisotopic (exact) mass is 229 g/mol. The molecule has 1 fully saturated rings. The number of aliphatic hydroxyl groups excluding tert-OH is 1. The molecule has 1 amide bonds. The molecule has 0 aliphatic heterocycles. The molecule has 1 aliphatic rings. The van der Waals surface area contributed by atoms with Crippen molar-refractivity contribution in [1.82, 2.24) is 10.3 Å². The van der Waals surface area contributed by atoms with Gasteiger partial charge in [0.05, 0.1) is 6.61 Å². The second kappa shape index (κ2) is 7.60. The van der Waals surface area contributed by atoms with Crippen LogP contribution in [0.2, 0.25) is 0 Å². The van der Waals surface area contributed by atoms with Crippen molar-refractivity contribution in [2.24, 2.45) is 5.84 Å². The minimum Gasteiger partial charge on any atom is -0.395 e. The molecule has 1 rings (SSSR count). The Morgan fingerprint density at radius 2 is 2.00 bits per heavy atom. The number of nitrogens with one attached hydrogen (secondary N) is 1. The standard InChI is InChI=1S/C11H23N3O2/c12-13-11(16)6-7-14(8-9-15)10-4-2-1-3-5-10/h10,15H,1-9,12H2,(H,13,16). The number of hydrazine groups is 1. The Bertz CT molecular complexity index is 205. The van der Waals surface area contributed by atoms with Crippen LogP contribution in [0.15, 0.2) is 0 Å². The maximum absolute atomic E-state index is 11.1. The van der Waals surface area contributed by atoms with Gasteiger partial charge in [-0.2, -0.15) is 0 Å². The smallest absolute Gasteiger partial charge is 0.235 e. The first-order chi connectivity index (χ1) is 7.77. The molecule has 16 heavy (non-hydrogen) atoms. The van der Waals surface area contributed by atoms with E-state index in [1.54, 1.807) is 0 Å². The summed E-state index contributed by atoms with van der Waals surface area (Å²) in [5.74, 6) is 4.90. The number of carbonyl (C=O) groups excluding carboxylic acids is 1. The summed E-state index contributed by atoms with van der Waals surface area (Å²) in [4.78, 5) is 13.3. The molecular formula is C11H23N3O2. The van der Waals surface area contributed by atoms with E-state index in [-0.39, 0.29) is 12.5 Å². The van der Waals surface area contributed by atoms with Crippen molar-refractivity contribution in [2.75, 3.05) is 19.7 Å². The second-order valence-corrected chi connectivity index (χ2v) is 4.37. The number of nitrogens with two attached hydrogens (primary N) is 1. The highest BCUT2D eigenvalue weighted by Crippen LogP contribution is 2.22. The highest BCUT2D eigenvalue weighted by molar-refractivity contribution is 5.75. The van der Waals surface area contributed by atoms with Crippen LogP contribution in [0, 0.1) is 0 Å². The van der Waals surface area contributed by atoms with Crippen molar-refractivity contribution in [3.8, 4) is 0 Å². The number of amides is 1. The van der Waals surface area contributed by atoms with Gasteiger partial charge in [-0.3, -0.25) is 15.1 Å². The highest BCUT2D eigenvalue weighted by atomic mass is 16.3. The van der Waals surface area contributed by atoms with E-state index in [0.717, 1.165) is 0 Å². The zero-order chi connectivity index (χ0) is 11.8. The predicted octanol–water partition coefficient (Wildman–Crippen LogP) is -0.00660. The first-order valence-corrected chi connectivity index (χ1v) is 6.12. The van der Waals surface area contributed by atoms with Gasteiger partial charge in [0.25, 0.3) is 0 Å². The Labute approximate surface area is 97.0 Å². The van der Waals surface area contributed by atoms with Crippen LogP contribution in [0.1, 0.15) is 38.5 Å². The molecule has 94 valence electrons. The Hall–Kier alpha value is -0.650. The van der Waals surface area contributed by atoms with Crippen LogP contribution in [0.25, 0.3) is 0 Å². The molecule has 0 bridgehead atoms. The van der Waals surface area contributed by atoms with E-state index in [9.17, 15) is 4.79 Å². The van der Waals surface area contributed by atoms with Crippen molar-refractivity contribution in [3.63, 3.8) is 0 Å². The highest BCUT2D eigenvalue weighted by Gasteiger charge is 2.20. The Balaban J connectivity index is 2.35. The van der Waals surface area contributed by atoms with Crippen LogP contribution in [-0.4, -0.2) is 41.7 Å². The van der Waals surface area contributed by atoms with Gasteiger partial charge in [-0.05, 0) is 12.8 Å². The fraction of sp³-hybridized carbons (Fsp3) is 0.909. The van der Waals surface area contributed by atoms with Crippen LogP contribution in [0.4, 0.5) is 0 Å². The van der Waals surface area contributed by atoms with Crippen molar-refractivity contribution in [3.05, 3.63) is 0 Å². The average molecular weight is 229 g/mol. The van der Waals surface area contributed by atoms with Crippen molar-refractivity contribution in [1.29, 1.82) is 0 Å². The molecule has 5 heteroatoms. The molecule has 0 atom stereocenters. The molecule has 4 N–H and O–H groups in total. The van der Waals surface area contributed by atoms with E-state index < -0.39 is 0 Å². The number of carbonyl (C=O) groups is 1. The SMILES string of the molecule is NNC(=O)CCN(CCO)C1CCCCC1. The van der Waals surface area contributed by atoms with Gasteiger partial charge in [0.1, 0.15) is 0 Å². The van der Waals surface area contributed by atoms with Crippen LogP contribution in [0.5, 0.6) is 0 Å². The molecule has 0 saturated heterocycles. The lowest BCUT2D eigenvalue weighted by atomic mass is 9.94. The zero-order valence-electron chi connectivity index (χ0n) is 9.82. The Morgan fingerprint density at radius 3 is 2.56 bits per heavy atom. The van der Waals surface area contributed by atoms with Crippen LogP contribution in [-0.2, 0) is 4.79 Å². The molecule has 0 aromatic rings. The number of aliphatic hydroxyl groups is 1. The third-order valence-electron chi connectivity index (χ3n) is 3.27. The quantitative estimate of drug-likeness (QED) is 0.340. The number of rotatable bonds is 6. The fourth-order valence-corrected chi connectivity index (χ4v) is 2.37. The summed E-state index contributed by atoms with van der Waals surface area (Å²) in [6.45, 7) is 1.50. The van der Waals surface area contributed by atoms with E-state index >= 15 is 0 Å². The lowest BCUT2D eigenvalue weighted by Crippen LogP contribution is -2.41. The molecular weight excluding hydrogens is 206 g/mol. The van der Waals surface area contributed by atoms with Crippen LogP contribution < -0.4 is 11.3 Å². The topological polar surface area (TPSA) is 78.6 Å². The lowest BCUT2D eigenvalue weighted by molar-refractivity contribution is -0.121. The third kappa shape index (κ3) is 4.47. The minimum atomic E-state index is -0.140. The van der Waals surface area contributed by atoms with Crippen molar-refractivity contribution < 1.29 is 9.90 Å². The average Bonchev–Trinajstić information content (AvgIpc) is 2.35. The number of hydrogen-bond donors (Lipinski definition) is 3. The molecule has 0 unspecified atom stereocenters. The largest absolute Gasteiger partial charge is 0.395 e. The summed E-state index contributed by atoms with van der Waals surface area (Å²) >= 11 is 0. The normalized spacial score (nSPS) is 17.7. The van der Waals surface area contributed by atoms with E-state index in [1.165, 1.54) is 32.1 Å². The van der Waals surface area contributed by atoms with Crippen molar-refractivity contribution >= 4 is 5.91 Å². The molecule has 0 heterocycles. The molecule has 1 aliphatic carbocycles. The number of nitrogens with zero attached hydrogens (tertiary/aromatic N) is 1. The van der Waals surface area contributed by atoms with E-state index in [1.807, 2.05) is 0 Å². The van der Waals surface area contributed by atoms with Crippen molar-refractivity contribution in [2.45, 2.75) is 44.6 Å². The van der Waals surface area contributed by atoms with Gasteiger partial charge in [-0.25, -0.2) is 5.84 Å². The minimum absolute atomic E-state index is 0.140. The molecule has 0 spiro atoms.